The molecule has 0 spiro atoms. The van der Waals surface area contributed by atoms with E-state index in [1.54, 1.807) is 0 Å². The van der Waals surface area contributed by atoms with Crippen LogP contribution in [0.1, 0.15) is 26.3 Å². The zero-order chi connectivity index (χ0) is 11.0. The molecule has 0 fully saturated rings. The van der Waals surface area contributed by atoms with Crippen LogP contribution in [0.15, 0.2) is 35.3 Å². The lowest BCUT2D eigenvalue weighted by molar-refractivity contribution is -0.176. The molecule has 1 aromatic carbocycles. The quantitative estimate of drug-likeness (QED) is 0.411. The van der Waals surface area contributed by atoms with Gasteiger partial charge in [-0.2, -0.15) is 0 Å². The van der Waals surface area contributed by atoms with Crippen molar-refractivity contribution in [3.05, 3.63) is 35.9 Å². The first kappa shape index (κ1) is 12.8. The summed E-state index contributed by atoms with van der Waals surface area (Å²) >= 11 is 0. The molecule has 0 heterocycles. The molecular weight excluding hydrogens is 178 g/mol. The number of hydrogen-bond acceptors (Lipinski definition) is 3. The monoisotopic (exact) mass is 195 g/mol. The van der Waals surface area contributed by atoms with Gasteiger partial charge in [0.25, 0.3) is 0 Å². The first-order valence-electron chi connectivity index (χ1n) is 4.38. The van der Waals surface area contributed by atoms with E-state index in [9.17, 15) is 0 Å². The second-order valence-corrected chi connectivity index (χ2v) is 3.84. The second-order valence-electron chi connectivity index (χ2n) is 3.84. The number of benzene rings is 1. The summed E-state index contributed by atoms with van der Waals surface area (Å²) in [7, 11) is 0. The van der Waals surface area contributed by atoms with Gasteiger partial charge in [-0.05, 0) is 26.3 Å². The van der Waals surface area contributed by atoms with Crippen LogP contribution >= 0.6 is 0 Å². The van der Waals surface area contributed by atoms with Crippen molar-refractivity contribution in [3.63, 3.8) is 0 Å². The van der Waals surface area contributed by atoms with Gasteiger partial charge in [0.15, 0.2) is 0 Å². The summed E-state index contributed by atoms with van der Waals surface area (Å²) in [5, 5.41) is 12.0. The van der Waals surface area contributed by atoms with Gasteiger partial charge in [0.2, 0.25) is 0 Å². The number of nitrogens with zero attached hydrogens (tertiary/aromatic N) is 1. The van der Waals surface area contributed by atoms with Crippen LogP contribution in [-0.4, -0.2) is 22.3 Å². The highest BCUT2D eigenvalue weighted by Gasteiger charge is 2.03. The Morgan fingerprint density at radius 3 is 2.00 bits per heavy atom. The average molecular weight is 195 g/mol. The molecule has 0 atom stereocenters. The highest BCUT2D eigenvalue weighted by atomic mass is 17.0. The topological polar surface area (TPSA) is 52.8 Å². The van der Waals surface area contributed by atoms with Crippen LogP contribution in [0.2, 0.25) is 0 Å². The molecule has 0 aromatic heterocycles. The maximum Gasteiger partial charge on any atom is 0.0524 e. The molecule has 0 aliphatic heterocycles. The fraction of sp³-hybridized carbons (Fsp3) is 0.364. The van der Waals surface area contributed by atoms with Crippen LogP contribution in [0.5, 0.6) is 0 Å². The summed E-state index contributed by atoms with van der Waals surface area (Å²) < 4.78 is 0. The lowest BCUT2D eigenvalue weighted by atomic mass is 10.1. The van der Waals surface area contributed by atoms with Crippen molar-refractivity contribution >= 4 is 6.21 Å². The van der Waals surface area contributed by atoms with Gasteiger partial charge in [0.05, 0.1) is 5.54 Å². The number of hydrogen-bond donors (Lipinski definition) is 2. The molecule has 0 saturated heterocycles. The fourth-order valence-corrected chi connectivity index (χ4v) is 0.807. The van der Waals surface area contributed by atoms with Gasteiger partial charge in [-0.3, -0.25) is 15.5 Å². The molecule has 0 amide bonds. The number of rotatable bonds is 1. The van der Waals surface area contributed by atoms with Crippen molar-refractivity contribution in [2.45, 2.75) is 26.3 Å². The van der Waals surface area contributed by atoms with E-state index in [2.05, 4.69) is 37.9 Å². The van der Waals surface area contributed by atoms with Gasteiger partial charge in [-0.1, -0.05) is 30.3 Å². The minimum Gasteiger partial charge on any atom is -0.287 e. The largest absolute Gasteiger partial charge is 0.287 e. The molecule has 2 N–H and O–H groups in total. The van der Waals surface area contributed by atoms with Crippen molar-refractivity contribution in [2.24, 2.45) is 4.99 Å². The summed E-state index contributed by atoms with van der Waals surface area (Å²) in [5.74, 6) is 0. The van der Waals surface area contributed by atoms with Crippen molar-refractivity contribution in [2.75, 3.05) is 0 Å². The molecule has 1 aromatic rings. The van der Waals surface area contributed by atoms with Gasteiger partial charge in [-0.15, -0.1) is 0 Å². The SMILES string of the molecule is CC(C)(C)N=Cc1ccccc1.OO. The van der Waals surface area contributed by atoms with Crippen molar-refractivity contribution in [1.29, 1.82) is 0 Å². The Balaban J connectivity index is 0.000000791. The van der Waals surface area contributed by atoms with Gasteiger partial charge >= 0.3 is 0 Å². The van der Waals surface area contributed by atoms with Gasteiger partial charge in [-0.25, -0.2) is 0 Å². The maximum absolute atomic E-state index is 6.00. The smallest absolute Gasteiger partial charge is 0.0524 e. The molecule has 1 rings (SSSR count). The minimum atomic E-state index is 0.0237. The van der Waals surface area contributed by atoms with E-state index in [-0.39, 0.29) is 5.54 Å². The van der Waals surface area contributed by atoms with E-state index in [1.807, 2.05) is 24.4 Å². The predicted molar refractivity (Wildman–Crippen MR) is 59.0 cm³/mol. The van der Waals surface area contributed by atoms with E-state index < -0.39 is 0 Å². The molecule has 78 valence electrons. The fourth-order valence-electron chi connectivity index (χ4n) is 0.807. The molecule has 3 heteroatoms. The van der Waals surface area contributed by atoms with Crippen LogP contribution in [0.4, 0.5) is 0 Å². The zero-order valence-corrected chi connectivity index (χ0v) is 8.81. The van der Waals surface area contributed by atoms with E-state index >= 15 is 0 Å². The third-order valence-electron chi connectivity index (χ3n) is 1.40. The molecule has 0 saturated carbocycles. The summed E-state index contributed by atoms with van der Waals surface area (Å²) in [6.45, 7) is 6.27. The van der Waals surface area contributed by atoms with Gasteiger partial charge in [0.1, 0.15) is 0 Å². The highest BCUT2D eigenvalue weighted by molar-refractivity contribution is 5.79. The summed E-state index contributed by atoms with van der Waals surface area (Å²) in [5.41, 5.74) is 1.18. The lowest BCUT2D eigenvalue weighted by Crippen LogP contribution is -2.09. The first-order chi connectivity index (χ1) is 6.58. The number of aliphatic imine (C=N–C) groups is 1. The minimum absolute atomic E-state index is 0.0237. The zero-order valence-electron chi connectivity index (χ0n) is 8.81. The van der Waals surface area contributed by atoms with Crippen LogP contribution in [0.3, 0.4) is 0 Å². The maximum atomic E-state index is 6.00. The normalized spacial score (nSPS) is 10.9. The Kier molecular flexibility index (Phi) is 5.76. The standard InChI is InChI=1S/C11H15N.H2O2/c1-11(2,3)12-9-10-7-5-4-6-8-10;1-2/h4-9H,1-3H3;1-2H. The lowest BCUT2D eigenvalue weighted by Gasteiger charge is -2.10. The van der Waals surface area contributed by atoms with Crippen LogP contribution in [0, 0.1) is 0 Å². The van der Waals surface area contributed by atoms with Crippen molar-refractivity contribution in [3.8, 4) is 0 Å². The Labute approximate surface area is 84.7 Å². The Morgan fingerprint density at radius 2 is 1.57 bits per heavy atom. The third-order valence-corrected chi connectivity index (χ3v) is 1.40. The van der Waals surface area contributed by atoms with E-state index in [0.717, 1.165) is 5.56 Å². The molecular formula is C11H17NO2. The van der Waals surface area contributed by atoms with Gasteiger partial charge in [0, 0.05) is 6.21 Å². The molecule has 0 unspecified atom stereocenters. The average Bonchev–Trinajstić information content (AvgIpc) is 2.19. The highest BCUT2D eigenvalue weighted by Crippen LogP contribution is 2.06. The molecule has 0 aliphatic rings. The second kappa shape index (κ2) is 6.29. The molecule has 0 radical (unpaired) electrons. The summed E-state index contributed by atoms with van der Waals surface area (Å²) in [4.78, 5) is 4.40. The summed E-state index contributed by atoms with van der Waals surface area (Å²) in [6, 6.07) is 10.1. The van der Waals surface area contributed by atoms with E-state index in [0.29, 0.717) is 0 Å². The first-order valence-corrected chi connectivity index (χ1v) is 4.38. The molecule has 14 heavy (non-hydrogen) atoms. The Morgan fingerprint density at radius 1 is 1.07 bits per heavy atom. The van der Waals surface area contributed by atoms with Gasteiger partial charge < -0.3 is 0 Å². The summed E-state index contributed by atoms with van der Waals surface area (Å²) in [6.07, 6.45) is 1.92. The van der Waals surface area contributed by atoms with Crippen molar-refractivity contribution < 1.29 is 10.5 Å². The van der Waals surface area contributed by atoms with E-state index in [4.69, 9.17) is 10.5 Å². The van der Waals surface area contributed by atoms with E-state index in [1.165, 1.54) is 0 Å². The molecule has 0 bridgehead atoms. The van der Waals surface area contributed by atoms with Crippen LogP contribution in [0.25, 0.3) is 0 Å². The Hall–Kier alpha value is -1.19. The molecule has 3 nitrogen and oxygen atoms in total. The van der Waals surface area contributed by atoms with Crippen LogP contribution < -0.4 is 0 Å². The molecule has 0 aliphatic carbocycles. The Bertz CT molecular complexity index is 262. The van der Waals surface area contributed by atoms with Crippen molar-refractivity contribution in [1.82, 2.24) is 0 Å². The predicted octanol–water partition coefficient (Wildman–Crippen LogP) is 2.92. The van der Waals surface area contributed by atoms with Crippen LogP contribution in [-0.2, 0) is 0 Å². The third kappa shape index (κ3) is 6.34.